The summed E-state index contributed by atoms with van der Waals surface area (Å²) in [5.41, 5.74) is 5.82. The largest absolute Gasteiger partial charge is 0.456 e. The van der Waals surface area contributed by atoms with E-state index in [-0.39, 0.29) is 5.41 Å². The van der Waals surface area contributed by atoms with Crippen LogP contribution in [0.25, 0.3) is 21.9 Å². The van der Waals surface area contributed by atoms with Crippen molar-refractivity contribution in [3.8, 4) is 0 Å². The van der Waals surface area contributed by atoms with Crippen molar-refractivity contribution in [1.82, 2.24) is 0 Å². The van der Waals surface area contributed by atoms with Crippen molar-refractivity contribution in [2.24, 2.45) is 0 Å². The molecule has 0 aliphatic rings. The van der Waals surface area contributed by atoms with Crippen molar-refractivity contribution in [2.45, 2.75) is 32.7 Å². The summed E-state index contributed by atoms with van der Waals surface area (Å²) in [4.78, 5) is 0. The third kappa shape index (κ3) is 3.12. The van der Waals surface area contributed by atoms with Gasteiger partial charge in [-0.15, -0.1) is 0 Å². The van der Waals surface area contributed by atoms with Gasteiger partial charge in [0, 0.05) is 23.0 Å². The van der Waals surface area contributed by atoms with Gasteiger partial charge in [0.1, 0.15) is 11.2 Å². The van der Waals surface area contributed by atoms with E-state index in [1.165, 1.54) is 11.1 Å². The maximum atomic E-state index is 5.89. The van der Waals surface area contributed by atoms with Crippen LogP contribution in [0, 0.1) is 0 Å². The molecule has 3 aromatic carbocycles. The van der Waals surface area contributed by atoms with E-state index in [4.69, 9.17) is 4.42 Å². The van der Waals surface area contributed by atoms with E-state index in [0.29, 0.717) is 0 Å². The zero-order valence-corrected chi connectivity index (χ0v) is 15.0. The van der Waals surface area contributed by atoms with Crippen molar-refractivity contribution < 1.29 is 4.42 Å². The number of rotatable bonds is 3. The van der Waals surface area contributed by atoms with Crippen molar-refractivity contribution in [1.29, 1.82) is 0 Å². The first-order valence-electron chi connectivity index (χ1n) is 8.75. The van der Waals surface area contributed by atoms with Gasteiger partial charge < -0.3 is 9.73 Å². The summed E-state index contributed by atoms with van der Waals surface area (Å²) in [5.74, 6) is 0. The molecule has 4 aromatic rings. The average Bonchev–Trinajstić information content (AvgIpc) is 2.97. The normalized spacial score (nSPS) is 12.0. The Labute approximate surface area is 148 Å². The van der Waals surface area contributed by atoms with Crippen LogP contribution in [0.5, 0.6) is 0 Å². The van der Waals surface area contributed by atoms with Crippen LogP contribution in [0.2, 0.25) is 0 Å². The summed E-state index contributed by atoms with van der Waals surface area (Å²) in [6.07, 6.45) is 0. The molecule has 25 heavy (non-hydrogen) atoms. The molecule has 0 saturated carbocycles. The lowest BCUT2D eigenvalue weighted by molar-refractivity contribution is 0.590. The Hall–Kier alpha value is -2.74. The van der Waals surface area contributed by atoms with E-state index < -0.39 is 0 Å². The highest BCUT2D eigenvalue weighted by Crippen LogP contribution is 2.30. The molecule has 0 amide bonds. The number of fused-ring (bicyclic) bond motifs is 3. The fraction of sp³-hybridized carbons (Fsp3) is 0.217. The first-order valence-corrected chi connectivity index (χ1v) is 8.75. The monoisotopic (exact) mass is 329 g/mol. The number of nitrogens with one attached hydrogen (secondary N) is 1. The summed E-state index contributed by atoms with van der Waals surface area (Å²) < 4.78 is 5.89. The highest BCUT2D eigenvalue weighted by molar-refractivity contribution is 6.05. The second kappa shape index (κ2) is 5.96. The van der Waals surface area contributed by atoms with Gasteiger partial charge in [0.15, 0.2) is 0 Å². The quantitative estimate of drug-likeness (QED) is 0.464. The number of anilines is 1. The molecule has 0 bridgehead atoms. The average molecular weight is 329 g/mol. The predicted octanol–water partition coefficient (Wildman–Crippen LogP) is 6.50. The number of benzene rings is 3. The minimum absolute atomic E-state index is 0.194. The lowest BCUT2D eigenvalue weighted by Gasteiger charge is -2.19. The van der Waals surface area contributed by atoms with Gasteiger partial charge in [-0.05, 0) is 40.8 Å². The van der Waals surface area contributed by atoms with E-state index in [0.717, 1.165) is 34.2 Å². The zero-order chi connectivity index (χ0) is 17.4. The molecular formula is C23H23NO. The zero-order valence-electron chi connectivity index (χ0n) is 15.0. The Morgan fingerprint density at radius 3 is 2.28 bits per heavy atom. The summed E-state index contributed by atoms with van der Waals surface area (Å²) in [6, 6.07) is 23.3. The summed E-state index contributed by atoms with van der Waals surface area (Å²) in [6.45, 7) is 7.53. The van der Waals surface area contributed by atoms with Crippen LogP contribution in [0.4, 0.5) is 5.69 Å². The lowest BCUT2D eigenvalue weighted by atomic mass is 9.87. The number of furan rings is 1. The van der Waals surface area contributed by atoms with Crippen molar-refractivity contribution in [3.63, 3.8) is 0 Å². The number of hydrogen-bond acceptors (Lipinski definition) is 2. The minimum Gasteiger partial charge on any atom is -0.456 e. The highest BCUT2D eigenvalue weighted by Gasteiger charge is 2.12. The summed E-state index contributed by atoms with van der Waals surface area (Å²) in [5, 5.41) is 5.84. The molecule has 0 fully saturated rings. The molecule has 2 nitrogen and oxygen atoms in total. The van der Waals surface area contributed by atoms with Gasteiger partial charge in [0.2, 0.25) is 0 Å². The number of hydrogen-bond donors (Lipinski definition) is 1. The topological polar surface area (TPSA) is 25.2 Å². The summed E-state index contributed by atoms with van der Waals surface area (Å²) >= 11 is 0. The van der Waals surface area contributed by atoms with Crippen molar-refractivity contribution >= 4 is 27.6 Å². The van der Waals surface area contributed by atoms with Crippen LogP contribution in [-0.2, 0) is 12.0 Å². The molecular weight excluding hydrogens is 306 g/mol. The molecule has 4 rings (SSSR count). The Morgan fingerprint density at radius 1 is 0.800 bits per heavy atom. The second-order valence-corrected chi connectivity index (χ2v) is 7.61. The molecule has 0 aliphatic carbocycles. The van der Waals surface area contributed by atoms with Gasteiger partial charge in [-0.3, -0.25) is 0 Å². The molecule has 2 heteroatoms. The Balaban J connectivity index is 1.55. The van der Waals surface area contributed by atoms with Crippen LogP contribution >= 0.6 is 0 Å². The van der Waals surface area contributed by atoms with Crippen LogP contribution in [0.1, 0.15) is 31.9 Å². The van der Waals surface area contributed by atoms with Gasteiger partial charge in [0.25, 0.3) is 0 Å². The molecule has 126 valence electrons. The van der Waals surface area contributed by atoms with E-state index in [2.05, 4.69) is 68.6 Å². The lowest BCUT2D eigenvalue weighted by Crippen LogP contribution is -2.11. The first kappa shape index (κ1) is 15.8. The Morgan fingerprint density at radius 2 is 1.52 bits per heavy atom. The SMILES string of the molecule is CC(C)(C)c1ccc(CNc2ccc3oc4ccccc4c3c2)cc1. The Kier molecular flexibility index (Phi) is 3.76. The Bertz CT molecular complexity index is 1020. The molecule has 1 N–H and O–H groups in total. The van der Waals surface area contributed by atoms with E-state index in [1.807, 2.05) is 24.3 Å². The number of para-hydroxylation sites is 1. The third-order valence-electron chi connectivity index (χ3n) is 4.69. The van der Waals surface area contributed by atoms with Crippen molar-refractivity contribution in [2.75, 3.05) is 5.32 Å². The van der Waals surface area contributed by atoms with Crippen LogP contribution in [-0.4, -0.2) is 0 Å². The molecule has 0 unspecified atom stereocenters. The van der Waals surface area contributed by atoms with Crippen molar-refractivity contribution in [3.05, 3.63) is 77.9 Å². The summed E-state index contributed by atoms with van der Waals surface area (Å²) in [7, 11) is 0. The molecule has 0 saturated heterocycles. The maximum Gasteiger partial charge on any atom is 0.135 e. The van der Waals surface area contributed by atoms with Crippen LogP contribution < -0.4 is 5.32 Å². The van der Waals surface area contributed by atoms with Crippen LogP contribution in [0.15, 0.2) is 71.1 Å². The van der Waals surface area contributed by atoms with E-state index in [1.54, 1.807) is 0 Å². The molecule has 0 radical (unpaired) electrons. The molecule has 0 aliphatic heterocycles. The fourth-order valence-electron chi connectivity index (χ4n) is 3.16. The molecule has 0 atom stereocenters. The second-order valence-electron chi connectivity index (χ2n) is 7.61. The van der Waals surface area contributed by atoms with E-state index >= 15 is 0 Å². The van der Waals surface area contributed by atoms with Gasteiger partial charge in [-0.25, -0.2) is 0 Å². The van der Waals surface area contributed by atoms with Gasteiger partial charge in [-0.1, -0.05) is 63.2 Å². The molecule has 1 heterocycles. The van der Waals surface area contributed by atoms with Gasteiger partial charge in [0.05, 0.1) is 0 Å². The third-order valence-corrected chi connectivity index (χ3v) is 4.69. The van der Waals surface area contributed by atoms with E-state index in [9.17, 15) is 0 Å². The maximum absolute atomic E-state index is 5.89. The molecule has 1 aromatic heterocycles. The minimum atomic E-state index is 0.194. The van der Waals surface area contributed by atoms with Crippen LogP contribution in [0.3, 0.4) is 0 Å². The highest BCUT2D eigenvalue weighted by atomic mass is 16.3. The fourth-order valence-corrected chi connectivity index (χ4v) is 3.16. The first-order chi connectivity index (χ1) is 12.0. The smallest absolute Gasteiger partial charge is 0.135 e. The van der Waals surface area contributed by atoms with Gasteiger partial charge in [-0.2, -0.15) is 0 Å². The molecule has 0 spiro atoms. The predicted molar refractivity (Wildman–Crippen MR) is 106 cm³/mol. The standard InChI is InChI=1S/C23H23NO/c1-23(2,3)17-10-8-16(9-11-17)15-24-18-12-13-22-20(14-18)19-6-4-5-7-21(19)25-22/h4-14,24H,15H2,1-3H3. The van der Waals surface area contributed by atoms with Gasteiger partial charge >= 0.3 is 0 Å².